The zero-order chi connectivity index (χ0) is 15.8. The number of hydrogen-bond donors (Lipinski definition) is 0. The first kappa shape index (κ1) is 15.6. The molecule has 1 unspecified atom stereocenters. The Balaban J connectivity index is 2.50. The van der Waals surface area contributed by atoms with Crippen molar-refractivity contribution >= 4 is 11.6 Å². The lowest BCUT2D eigenvalue weighted by molar-refractivity contribution is -0.118. The van der Waals surface area contributed by atoms with Crippen LogP contribution in [0, 0.1) is 23.7 Å². The summed E-state index contributed by atoms with van der Waals surface area (Å²) in [6.07, 6.45) is 1.26. The van der Waals surface area contributed by atoms with E-state index in [1.54, 1.807) is 0 Å². The van der Waals surface area contributed by atoms with Gasteiger partial charge in [-0.3, -0.25) is 4.79 Å². The molecular weight excluding hydrogens is 260 g/mol. The van der Waals surface area contributed by atoms with Crippen molar-refractivity contribution in [3.05, 3.63) is 29.3 Å². The van der Waals surface area contributed by atoms with Crippen LogP contribution >= 0.6 is 0 Å². The van der Waals surface area contributed by atoms with Crippen LogP contribution in [0.5, 0.6) is 0 Å². The van der Waals surface area contributed by atoms with Gasteiger partial charge in [0, 0.05) is 24.1 Å². The fourth-order valence-electron chi connectivity index (χ4n) is 3.47. The van der Waals surface area contributed by atoms with Crippen LogP contribution in [0.4, 0.5) is 5.69 Å². The molecule has 1 atom stereocenters. The Hall–Kier alpha value is -1.82. The highest BCUT2D eigenvalue weighted by molar-refractivity contribution is 5.96. The molecule has 1 amide bonds. The summed E-state index contributed by atoms with van der Waals surface area (Å²) in [6, 6.07) is 8.66. The lowest BCUT2D eigenvalue weighted by Crippen LogP contribution is -2.37. The summed E-state index contributed by atoms with van der Waals surface area (Å²) in [5.74, 6) is 0.151. The van der Waals surface area contributed by atoms with E-state index in [1.165, 1.54) is 11.1 Å². The zero-order valence-corrected chi connectivity index (χ0v) is 13.7. The first-order valence-electron chi connectivity index (χ1n) is 7.55. The molecule has 0 saturated carbocycles. The van der Waals surface area contributed by atoms with Crippen molar-refractivity contribution < 1.29 is 4.79 Å². The Bertz CT molecular complexity index is 612. The normalized spacial score (nSPS) is 21.0. The molecule has 1 aromatic carbocycles. The minimum absolute atomic E-state index is 0.151. The van der Waals surface area contributed by atoms with Crippen molar-refractivity contribution in [2.45, 2.75) is 52.9 Å². The quantitative estimate of drug-likeness (QED) is 0.843. The van der Waals surface area contributed by atoms with E-state index in [-0.39, 0.29) is 11.3 Å². The first-order chi connectivity index (χ1) is 9.72. The molecule has 1 heterocycles. The summed E-state index contributed by atoms with van der Waals surface area (Å²) >= 11 is 0. The Morgan fingerprint density at radius 3 is 2.71 bits per heavy atom. The smallest absolute Gasteiger partial charge is 0.226 e. The molecule has 0 spiro atoms. The predicted octanol–water partition coefficient (Wildman–Crippen LogP) is 3.95. The Morgan fingerprint density at radius 2 is 2.14 bits per heavy atom. The van der Waals surface area contributed by atoms with Gasteiger partial charge < -0.3 is 4.90 Å². The molecule has 1 aliphatic rings. The highest BCUT2D eigenvalue weighted by Crippen LogP contribution is 2.47. The number of carbonyl (C=O) groups is 1. The molecule has 112 valence electrons. The van der Waals surface area contributed by atoms with Crippen molar-refractivity contribution in [1.29, 1.82) is 5.26 Å². The van der Waals surface area contributed by atoms with E-state index in [4.69, 9.17) is 0 Å². The highest BCUT2D eigenvalue weighted by atomic mass is 16.2. The molecule has 21 heavy (non-hydrogen) atoms. The number of nitrogens with zero attached hydrogens (tertiary/aromatic N) is 2. The Kier molecular flexibility index (Phi) is 3.84. The molecule has 0 saturated heterocycles. The van der Waals surface area contributed by atoms with E-state index in [2.05, 4.69) is 32.0 Å². The number of benzene rings is 1. The minimum atomic E-state index is -0.402. The maximum absolute atomic E-state index is 12.2. The molecule has 1 aromatic rings. The predicted molar refractivity (Wildman–Crippen MR) is 85.2 cm³/mol. The van der Waals surface area contributed by atoms with Gasteiger partial charge in [0.2, 0.25) is 5.91 Å². The minimum Gasteiger partial charge on any atom is -0.311 e. The average molecular weight is 284 g/mol. The SMILES string of the molecule is CCC(=O)N1CC(C)(CC(C)(C)C#N)c2cc(C)ccc21. The summed E-state index contributed by atoms with van der Waals surface area (Å²) in [5, 5.41) is 9.36. The third-order valence-electron chi connectivity index (χ3n) is 4.34. The molecule has 0 radical (unpaired) electrons. The number of nitriles is 1. The van der Waals surface area contributed by atoms with Crippen LogP contribution in [0.15, 0.2) is 18.2 Å². The van der Waals surface area contributed by atoms with E-state index in [0.717, 1.165) is 12.1 Å². The number of anilines is 1. The van der Waals surface area contributed by atoms with E-state index in [0.29, 0.717) is 13.0 Å². The van der Waals surface area contributed by atoms with Gasteiger partial charge in [-0.05, 0) is 38.8 Å². The van der Waals surface area contributed by atoms with Gasteiger partial charge in [0.25, 0.3) is 0 Å². The van der Waals surface area contributed by atoms with Crippen molar-refractivity contribution in [1.82, 2.24) is 0 Å². The second kappa shape index (κ2) is 5.18. The van der Waals surface area contributed by atoms with E-state index < -0.39 is 5.41 Å². The molecular formula is C18H24N2O. The molecule has 0 bridgehead atoms. The summed E-state index contributed by atoms with van der Waals surface area (Å²) in [4.78, 5) is 14.1. The van der Waals surface area contributed by atoms with Gasteiger partial charge in [-0.2, -0.15) is 5.26 Å². The van der Waals surface area contributed by atoms with Crippen molar-refractivity contribution in [3.8, 4) is 6.07 Å². The van der Waals surface area contributed by atoms with E-state index in [9.17, 15) is 10.1 Å². The average Bonchev–Trinajstić information content (AvgIpc) is 2.70. The molecule has 3 nitrogen and oxygen atoms in total. The van der Waals surface area contributed by atoms with Gasteiger partial charge in [-0.15, -0.1) is 0 Å². The topological polar surface area (TPSA) is 44.1 Å². The van der Waals surface area contributed by atoms with Crippen molar-refractivity contribution in [2.75, 3.05) is 11.4 Å². The van der Waals surface area contributed by atoms with Crippen LogP contribution in [-0.2, 0) is 10.2 Å². The molecule has 0 N–H and O–H groups in total. The fourth-order valence-corrected chi connectivity index (χ4v) is 3.47. The molecule has 1 aliphatic heterocycles. The van der Waals surface area contributed by atoms with Gasteiger partial charge in [0.15, 0.2) is 0 Å². The lowest BCUT2D eigenvalue weighted by atomic mass is 9.71. The van der Waals surface area contributed by atoms with Crippen molar-refractivity contribution in [3.63, 3.8) is 0 Å². The lowest BCUT2D eigenvalue weighted by Gasteiger charge is -2.31. The van der Waals surface area contributed by atoms with Crippen LogP contribution in [0.2, 0.25) is 0 Å². The third kappa shape index (κ3) is 2.81. The number of fused-ring (bicyclic) bond motifs is 1. The van der Waals surface area contributed by atoms with E-state index >= 15 is 0 Å². The Morgan fingerprint density at radius 1 is 1.48 bits per heavy atom. The Labute approximate surface area is 127 Å². The number of rotatable bonds is 3. The summed E-state index contributed by atoms with van der Waals surface area (Å²) in [7, 11) is 0. The second-order valence-corrected chi connectivity index (χ2v) is 7.09. The summed E-state index contributed by atoms with van der Waals surface area (Å²) < 4.78 is 0. The van der Waals surface area contributed by atoms with Crippen LogP contribution in [-0.4, -0.2) is 12.5 Å². The highest BCUT2D eigenvalue weighted by Gasteiger charge is 2.44. The number of amides is 1. The number of hydrogen-bond acceptors (Lipinski definition) is 2. The zero-order valence-electron chi connectivity index (χ0n) is 13.7. The maximum Gasteiger partial charge on any atom is 0.226 e. The van der Waals surface area contributed by atoms with Crippen LogP contribution in [0.25, 0.3) is 0 Å². The fraction of sp³-hybridized carbons (Fsp3) is 0.556. The number of carbonyl (C=O) groups excluding carboxylic acids is 1. The van der Waals surface area contributed by atoms with E-state index in [1.807, 2.05) is 31.7 Å². The molecule has 3 heteroatoms. The van der Waals surface area contributed by atoms with Gasteiger partial charge in [-0.25, -0.2) is 0 Å². The van der Waals surface area contributed by atoms with Crippen molar-refractivity contribution in [2.24, 2.45) is 5.41 Å². The third-order valence-corrected chi connectivity index (χ3v) is 4.34. The van der Waals surface area contributed by atoms with Gasteiger partial charge in [0.1, 0.15) is 0 Å². The largest absolute Gasteiger partial charge is 0.311 e. The molecule has 2 rings (SSSR count). The first-order valence-corrected chi connectivity index (χ1v) is 7.55. The molecule has 0 aromatic heterocycles. The molecule has 0 fully saturated rings. The van der Waals surface area contributed by atoms with Gasteiger partial charge >= 0.3 is 0 Å². The van der Waals surface area contributed by atoms with Gasteiger partial charge in [0.05, 0.1) is 11.5 Å². The standard InChI is InChI=1S/C18H24N2O/c1-6-16(21)20-12-18(5,10-17(3,4)11-19)14-9-13(2)7-8-15(14)20/h7-9H,6,10,12H2,1-5H3. The molecule has 0 aliphatic carbocycles. The maximum atomic E-state index is 12.2. The van der Waals surface area contributed by atoms with Crippen LogP contribution in [0.1, 0.15) is 51.7 Å². The van der Waals surface area contributed by atoms with Crippen LogP contribution < -0.4 is 4.90 Å². The van der Waals surface area contributed by atoms with Gasteiger partial charge in [-0.1, -0.05) is 31.5 Å². The summed E-state index contributed by atoms with van der Waals surface area (Å²) in [5.41, 5.74) is 2.85. The van der Waals surface area contributed by atoms with Crippen LogP contribution in [0.3, 0.4) is 0 Å². The monoisotopic (exact) mass is 284 g/mol. The summed E-state index contributed by atoms with van der Waals surface area (Å²) in [6.45, 7) is 10.7. The second-order valence-electron chi connectivity index (χ2n) is 7.09. The number of aryl methyl sites for hydroxylation is 1.